The Morgan fingerprint density at radius 2 is 1.52 bits per heavy atom. The van der Waals surface area contributed by atoms with Crippen molar-refractivity contribution >= 4 is 49.9 Å². The third-order valence-corrected chi connectivity index (χ3v) is 7.28. The van der Waals surface area contributed by atoms with Crippen LogP contribution in [0.25, 0.3) is 10.4 Å². The second kappa shape index (κ2) is 14.4. The number of anilines is 2. The van der Waals surface area contributed by atoms with Gasteiger partial charge in [-0.05, 0) is 35.4 Å². The van der Waals surface area contributed by atoms with Crippen molar-refractivity contribution in [1.29, 1.82) is 0 Å². The van der Waals surface area contributed by atoms with E-state index >= 15 is 0 Å². The molecular weight excluding hydrogens is 580 g/mol. The van der Waals surface area contributed by atoms with Gasteiger partial charge in [-0.1, -0.05) is 66.7 Å². The summed E-state index contributed by atoms with van der Waals surface area (Å²) in [5.74, 6) is -2.14. The van der Waals surface area contributed by atoms with Crippen LogP contribution in [0.15, 0.2) is 91.0 Å². The largest absolute Gasteiger partial charge is 0.460 e. The molecule has 0 saturated heterocycles. The van der Waals surface area contributed by atoms with Crippen molar-refractivity contribution in [2.24, 2.45) is 0 Å². The molecule has 0 saturated carbocycles. The maximum Gasteiger partial charge on any atom is 0.341 e. The third kappa shape index (κ3) is 9.26. The number of carbonyl (C=O) groups is 3. The van der Waals surface area contributed by atoms with Gasteiger partial charge >= 0.3 is 11.9 Å². The minimum Gasteiger partial charge on any atom is -0.460 e. The molecule has 42 heavy (non-hydrogen) atoms. The summed E-state index contributed by atoms with van der Waals surface area (Å²) in [6.45, 7) is -0.0498. The Morgan fingerprint density at radius 3 is 2.24 bits per heavy atom. The highest BCUT2D eigenvalue weighted by atomic mass is 32.2. The van der Waals surface area contributed by atoms with Crippen LogP contribution < -0.4 is 10.0 Å². The van der Waals surface area contributed by atoms with Crippen molar-refractivity contribution in [2.45, 2.75) is 6.61 Å². The molecular formula is C30H28N2O8S2. The number of esters is 2. The van der Waals surface area contributed by atoms with Gasteiger partial charge in [-0.15, -0.1) is 11.3 Å². The zero-order valence-electron chi connectivity index (χ0n) is 22.6. The van der Waals surface area contributed by atoms with E-state index in [0.29, 0.717) is 6.61 Å². The molecule has 4 rings (SSSR count). The van der Waals surface area contributed by atoms with E-state index in [9.17, 15) is 22.8 Å². The van der Waals surface area contributed by atoms with E-state index in [2.05, 4.69) is 10.0 Å². The maximum atomic E-state index is 13.0. The molecule has 10 nitrogen and oxygen atoms in total. The van der Waals surface area contributed by atoms with Gasteiger partial charge in [0.25, 0.3) is 5.91 Å². The first-order chi connectivity index (χ1) is 20.2. The van der Waals surface area contributed by atoms with E-state index < -0.39 is 34.5 Å². The fraction of sp³-hybridized carbons (Fsp3) is 0.167. The fourth-order valence-electron chi connectivity index (χ4n) is 3.72. The number of thiophene rings is 1. The average Bonchev–Trinajstić information content (AvgIpc) is 3.39. The number of benzene rings is 3. The minimum absolute atomic E-state index is 0.0143. The standard InChI is InChI=1S/C30H28N2O8S2/c1-42(36,37)32-24-14-8-13-23(17-24)29(34)40-20-27(33)31-28-25(18-26(41-28)22-11-6-3-7-12-22)30(35)39-16-15-38-19-21-9-4-2-5-10-21/h2-14,17-18,32H,15-16,19-20H2,1H3,(H,31,33). The fourth-order valence-corrected chi connectivity index (χ4v) is 5.34. The smallest absolute Gasteiger partial charge is 0.341 e. The number of hydrogen-bond donors (Lipinski definition) is 2. The Kier molecular flexibility index (Phi) is 10.4. The summed E-state index contributed by atoms with van der Waals surface area (Å²) in [6, 6.07) is 26.2. The van der Waals surface area contributed by atoms with E-state index in [1.165, 1.54) is 35.6 Å². The van der Waals surface area contributed by atoms with Crippen LogP contribution in [0.5, 0.6) is 0 Å². The van der Waals surface area contributed by atoms with Crippen LogP contribution in [0.2, 0.25) is 0 Å². The maximum absolute atomic E-state index is 13.0. The molecule has 218 valence electrons. The van der Waals surface area contributed by atoms with Crippen LogP contribution in [0.4, 0.5) is 10.7 Å². The van der Waals surface area contributed by atoms with Gasteiger partial charge < -0.3 is 19.5 Å². The Morgan fingerprint density at radius 1 is 0.810 bits per heavy atom. The average molecular weight is 609 g/mol. The second-order valence-corrected chi connectivity index (χ2v) is 11.8. The molecule has 0 aliphatic heterocycles. The lowest BCUT2D eigenvalue weighted by Crippen LogP contribution is -2.22. The van der Waals surface area contributed by atoms with Crippen LogP contribution in [0.1, 0.15) is 26.3 Å². The lowest BCUT2D eigenvalue weighted by molar-refractivity contribution is -0.119. The van der Waals surface area contributed by atoms with Crippen LogP contribution in [0, 0.1) is 0 Å². The van der Waals surface area contributed by atoms with Crippen molar-refractivity contribution in [3.8, 4) is 10.4 Å². The Balaban J connectivity index is 1.37. The van der Waals surface area contributed by atoms with Crippen LogP contribution in [0.3, 0.4) is 0 Å². The zero-order valence-corrected chi connectivity index (χ0v) is 24.2. The first kappa shape index (κ1) is 30.4. The summed E-state index contributed by atoms with van der Waals surface area (Å²) < 4.78 is 41.3. The van der Waals surface area contributed by atoms with Crippen molar-refractivity contribution in [3.63, 3.8) is 0 Å². The van der Waals surface area contributed by atoms with Crippen LogP contribution in [-0.4, -0.2) is 52.3 Å². The summed E-state index contributed by atoms with van der Waals surface area (Å²) >= 11 is 1.18. The van der Waals surface area contributed by atoms with E-state index in [-0.39, 0.29) is 35.0 Å². The van der Waals surface area contributed by atoms with Crippen molar-refractivity contribution < 1.29 is 37.0 Å². The lowest BCUT2D eigenvalue weighted by atomic mass is 10.1. The normalized spacial score (nSPS) is 11.0. The number of amides is 1. The third-order valence-electron chi connectivity index (χ3n) is 5.57. The van der Waals surface area contributed by atoms with Gasteiger partial charge in [-0.3, -0.25) is 9.52 Å². The number of hydrogen-bond acceptors (Lipinski definition) is 9. The zero-order chi connectivity index (χ0) is 30.0. The topological polar surface area (TPSA) is 137 Å². The van der Waals surface area contributed by atoms with Crippen molar-refractivity contribution in [1.82, 2.24) is 0 Å². The highest BCUT2D eigenvalue weighted by Gasteiger charge is 2.21. The predicted molar refractivity (Wildman–Crippen MR) is 160 cm³/mol. The monoisotopic (exact) mass is 608 g/mol. The van der Waals surface area contributed by atoms with Gasteiger partial charge in [0, 0.05) is 10.6 Å². The number of rotatable bonds is 13. The number of carbonyl (C=O) groups excluding carboxylic acids is 3. The molecule has 0 unspecified atom stereocenters. The molecule has 2 N–H and O–H groups in total. The van der Waals surface area contributed by atoms with Gasteiger partial charge in [0.15, 0.2) is 6.61 Å². The Labute approximate surface area is 247 Å². The quantitative estimate of drug-likeness (QED) is 0.161. The molecule has 0 aliphatic carbocycles. The highest BCUT2D eigenvalue weighted by molar-refractivity contribution is 7.92. The second-order valence-electron chi connectivity index (χ2n) is 8.97. The Hall–Kier alpha value is -4.52. The first-order valence-electron chi connectivity index (χ1n) is 12.7. The predicted octanol–water partition coefficient (Wildman–Crippen LogP) is 4.96. The van der Waals surface area contributed by atoms with E-state index in [4.69, 9.17) is 14.2 Å². The van der Waals surface area contributed by atoms with Crippen molar-refractivity contribution in [2.75, 3.05) is 36.1 Å². The van der Waals surface area contributed by atoms with E-state index in [0.717, 1.165) is 22.3 Å². The molecule has 0 atom stereocenters. The number of sulfonamides is 1. The summed E-state index contributed by atoms with van der Waals surface area (Å²) in [5, 5.41) is 2.87. The summed E-state index contributed by atoms with van der Waals surface area (Å²) in [7, 11) is -3.54. The molecule has 0 aliphatic rings. The lowest BCUT2D eigenvalue weighted by Gasteiger charge is -2.09. The van der Waals surface area contributed by atoms with Gasteiger partial charge in [-0.25, -0.2) is 18.0 Å². The molecule has 3 aromatic carbocycles. The molecule has 0 spiro atoms. The first-order valence-corrected chi connectivity index (χ1v) is 15.4. The van der Waals surface area contributed by atoms with E-state index in [1.807, 2.05) is 60.7 Å². The molecule has 0 fully saturated rings. The van der Waals surface area contributed by atoms with Gasteiger partial charge in [0.2, 0.25) is 10.0 Å². The van der Waals surface area contributed by atoms with Gasteiger partial charge in [0.05, 0.1) is 30.6 Å². The molecule has 1 heterocycles. The number of ether oxygens (including phenoxy) is 3. The van der Waals surface area contributed by atoms with Crippen LogP contribution in [-0.2, 0) is 35.6 Å². The number of nitrogens with one attached hydrogen (secondary N) is 2. The van der Waals surface area contributed by atoms with Crippen molar-refractivity contribution in [3.05, 3.63) is 108 Å². The summed E-state index contributed by atoms with van der Waals surface area (Å²) in [4.78, 5) is 38.9. The molecule has 0 bridgehead atoms. The van der Waals surface area contributed by atoms with E-state index in [1.54, 1.807) is 6.07 Å². The van der Waals surface area contributed by atoms with Gasteiger partial charge in [-0.2, -0.15) is 0 Å². The highest BCUT2D eigenvalue weighted by Crippen LogP contribution is 2.36. The Bertz CT molecular complexity index is 1640. The van der Waals surface area contributed by atoms with Gasteiger partial charge in [0.1, 0.15) is 11.6 Å². The summed E-state index contributed by atoms with van der Waals surface area (Å²) in [5.41, 5.74) is 2.23. The molecule has 4 aromatic rings. The SMILES string of the molecule is CS(=O)(=O)Nc1cccc(C(=O)OCC(=O)Nc2sc(-c3ccccc3)cc2C(=O)OCCOCc2ccccc2)c1. The molecule has 1 amide bonds. The molecule has 12 heteroatoms. The summed E-state index contributed by atoms with van der Waals surface area (Å²) in [6.07, 6.45) is 0.986. The molecule has 1 aromatic heterocycles. The molecule has 0 radical (unpaired) electrons. The minimum atomic E-state index is -3.54. The van der Waals surface area contributed by atoms with Crippen LogP contribution >= 0.6 is 11.3 Å².